The molecule has 0 aliphatic heterocycles. The van der Waals surface area contributed by atoms with Gasteiger partial charge in [0.25, 0.3) is 0 Å². The van der Waals surface area contributed by atoms with Crippen molar-refractivity contribution >= 4 is 22.8 Å². The number of nitrogens with one attached hydrogen (secondary N) is 1. The maximum absolute atomic E-state index is 12.5. The normalized spacial score (nSPS) is 10.9. The van der Waals surface area contributed by atoms with E-state index in [0.717, 1.165) is 0 Å². The predicted octanol–water partition coefficient (Wildman–Crippen LogP) is 1.45. The van der Waals surface area contributed by atoms with E-state index in [0.29, 0.717) is 11.3 Å². The van der Waals surface area contributed by atoms with E-state index in [1.807, 2.05) is 0 Å². The van der Waals surface area contributed by atoms with Gasteiger partial charge in [-0.25, -0.2) is 4.98 Å². The van der Waals surface area contributed by atoms with Crippen LogP contribution in [0.25, 0.3) is 11.2 Å². The summed E-state index contributed by atoms with van der Waals surface area (Å²) in [5.41, 5.74) is 0.723. The van der Waals surface area contributed by atoms with Crippen LogP contribution in [-0.4, -0.2) is 19.9 Å². The van der Waals surface area contributed by atoms with Crippen LogP contribution in [0.1, 0.15) is 5.82 Å². The van der Waals surface area contributed by atoms with Gasteiger partial charge in [0.1, 0.15) is 11.3 Å². The van der Waals surface area contributed by atoms with E-state index >= 15 is 0 Å². The number of aryl methyl sites for hydroxylation is 1. The fraction of sp³-hybridized carbons (Fsp3) is 0.167. The Morgan fingerprint density at radius 1 is 1.33 bits per heavy atom. The lowest BCUT2D eigenvalue weighted by molar-refractivity contribution is 0.544. The van der Waals surface area contributed by atoms with Crippen molar-refractivity contribution in [1.82, 2.24) is 19.9 Å². The molecule has 12 heavy (non-hydrogen) atoms. The van der Waals surface area contributed by atoms with Gasteiger partial charge >= 0.3 is 6.08 Å². The van der Waals surface area contributed by atoms with Gasteiger partial charge in [0, 0.05) is 0 Å². The average molecular weight is 187 g/mol. The lowest BCUT2D eigenvalue weighted by atomic mass is 10.6. The molecule has 2 aromatic heterocycles. The Morgan fingerprint density at radius 2 is 2.08 bits per heavy atom. The summed E-state index contributed by atoms with van der Waals surface area (Å²) in [5.74, 6) is 0.631. The number of aromatic nitrogens is 4. The van der Waals surface area contributed by atoms with Gasteiger partial charge < -0.3 is 4.98 Å². The lowest BCUT2D eigenvalue weighted by Crippen LogP contribution is -1.90. The highest BCUT2D eigenvalue weighted by atomic mass is 35.5. The van der Waals surface area contributed by atoms with E-state index in [2.05, 4.69) is 19.9 Å². The van der Waals surface area contributed by atoms with Crippen LogP contribution < -0.4 is 0 Å². The van der Waals surface area contributed by atoms with Crippen LogP contribution in [0.3, 0.4) is 0 Å². The van der Waals surface area contributed by atoms with E-state index in [1.165, 1.54) is 0 Å². The highest BCUT2D eigenvalue weighted by Crippen LogP contribution is 2.16. The number of hydrogen-bond acceptors (Lipinski definition) is 3. The highest BCUT2D eigenvalue weighted by Gasteiger charge is 2.08. The van der Waals surface area contributed by atoms with Gasteiger partial charge in [-0.15, -0.1) is 0 Å². The molecule has 0 fully saturated rings. The van der Waals surface area contributed by atoms with Crippen LogP contribution in [0.15, 0.2) is 0 Å². The maximum Gasteiger partial charge on any atom is 0.312 e. The second kappa shape index (κ2) is 2.38. The molecule has 0 bridgehead atoms. The summed E-state index contributed by atoms with van der Waals surface area (Å²) in [6, 6.07) is 0. The van der Waals surface area contributed by atoms with Gasteiger partial charge in [0.15, 0.2) is 10.8 Å². The van der Waals surface area contributed by atoms with Crippen LogP contribution in [0, 0.1) is 13.0 Å². The topological polar surface area (TPSA) is 54.5 Å². The van der Waals surface area contributed by atoms with Crippen molar-refractivity contribution in [2.45, 2.75) is 6.92 Å². The van der Waals surface area contributed by atoms with Crippen LogP contribution >= 0.6 is 11.6 Å². The molecule has 1 N–H and O–H groups in total. The summed E-state index contributed by atoms with van der Waals surface area (Å²) in [4.78, 5) is 13.5. The second-order valence-corrected chi connectivity index (χ2v) is 2.66. The first kappa shape index (κ1) is 7.42. The number of nitrogens with zero attached hydrogens (tertiary/aromatic N) is 3. The number of fused-ring (bicyclic) bond motifs is 1. The van der Waals surface area contributed by atoms with Crippen molar-refractivity contribution in [3.8, 4) is 0 Å². The minimum absolute atomic E-state index is 0.0538. The molecule has 0 saturated carbocycles. The Kier molecular flexibility index (Phi) is 1.47. The molecule has 62 valence electrons. The Bertz CT molecular complexity index is 438. The molecule has 6 heteroatoms. The first-order chi connectivity index (χ1) is 5.66. The van der Waals surface area contributed by atoms with Gasteiger partial charge in [-0.05, 0) is 6.92 Å². The van der Waals surface area contributed by atoms with E-state index in [9.17, 15) is 4.39 Å². The standard InChI is InChI=1S/C6H4ClFN4/c1-2-9-3-4(7)11-6(8)12-5(3)10-2/h1H3,(H,9,10,11,12). The number of aromatic amines is 1. The van der Waals surface area contributed by atoms with Crippen LogP contribution in [0.5, 0.6) is 0 Å². The third-order valence-corrected chi connectivity index (χ3v) is 1.67. The van der Waals surface area contributed by atoms with E-state index < -0.39 is 6.08 Å². The Labute approximate surface area is 71.8 Å². The van der Waals surface area contributed by atoms with Crippen LogP contribution in [-0.2, 0) is 0 Å². The zero-order valence-electron chi connectivity index (χ0n) is 6.10. The molecule has 2 rings (SSSR count). The zero-order chi connectivity index (χ0) is 8.72. The third kappa shape index (κ3) is 1.02. The molecule has 4 nitrogen and oxygen atoms in total. The Balaban J connectivity index is 2.88. The summed E-state index contributed by atoms with van der Waals surface area (Å²) in [5, 5.41) is 0.0538. The molecule has 0 aliphatic carbocycles. The lowest BCUT2D eigenvalue weighted by Gasteiger charge is -1.89. The molecule has 0 saturated heterocycles. The molecule has 0 atom stereocenters. The van der Waals surface area contributed by atoms with Crippen molar-refractivity contribution in [2.75, 3.05) is 0 Å². The minimum atomic E-state index is -0.862. The molecule has 0 aromatic carbocycles. The third-order valence-electron chi connectivity index (χ3n) is 1.40. The van der Waals surface area contributed by atoms with E-state index in [1.54, 1.807) is 6.92 Å². The quantitative estimate of drug-likeness (QED) is 0.501. The SMILES string of the molecule is Cc1nc2nc(F)nc(Cl)c2[nH]1. The Hall–Kier alpha value is -1.23. The number of imidazole rings is 1. The van der Waals surface area contributed by atoms with Gasteiger partial charge in [0.05, 0.1) is 0 Å². The molecule has 2 aromatic rings. The summed E-state index contributed by atoms with van der Waals surface area (Å²) in [6.07, 6.45) is -0.862. The number of hydrogen-bond donors (Lipinski definition) is 1. The van der Waals surface area contributed by atoms with Gasteiger partial charge in [-0.3, -0.25) is 0 Å². The summed E-state index contributed by atoms with van der Waals surface area (Å²) in [7, 11) is 0. The Morgan fingerprint density at radius 3 is 2.83 bits per heavy atom. The largest absolute Gasteiger partial charge is 0.338 e. The van der Waals surface area contributed by atoms with E-state index in [4.69, 9.17) is 11.6 Å². The monoisotopic (exact) mass is 186 g/mol. The van der Waals surface area contributed by atoms with Gasteiger partial charge in [0.2, 0.25) is 0 Å². The molecule has 2 heterocycles. The maximum atomic E-state index is 12.5. The molecule has 0 spiro atoms. The van der Waals surface area contributed by atoms with Crippen molar-refractivity contribution < 1.29 is 4.39 Å². The summed E-state index contributed by atoms with van der Waals surface area (Å²) < 4.78 is 12.5. The molecule has 0 radical (unpaired) electrons. The fourth-order valence-corrected chi connectivity index (χ4v) is 1.16. The second-order valence-electron chi connectivity index (χ2n) is 2.30. The number of halogens is 2. The summed E-state index contributed by atoms with van der Waals surface area (Å²) >= 11 is 5.61. The zero-order valence-corrected chi connectivity index (χ0v) is 6.85. The van der Waals surface area contributed by atoms with Crippen molar-refractivity contribution in [2.24, 2.45) is 0 Å². The minimum Gasteiger partial charge on any atom is -0.338 e. The highest BCUT2D eigenvalue weighted by molar-refractivity contribution is 6.33. The molecule has 0 aliphatic rings. The molecule has 0 amide bonds. The van der Waals surface area contributed by atoms with E-state index in [-0.39, 0.29) is 10.8 Å². The molecular formula is C6H4ClFN4. The van der Waals surface area contributed by atoms with Gasteiger partial charge in [-0.2, -0.15) is 14.4 Å². The fourth-order valence-electron chi connectivity index (χ4n) is 0.954. The van der Waals surface area contributed by atoms with Crippen molar-refractivity contribution in [3.63, 3.8) is 0 Å². The number of rotatable bonds is 0. The molecular weight excluding hydrogens is 183 g/mol. The van der Waals surface area contributed by atoms with Crippen LogP contribution in [0.2, 0.25) is 5.15 Å². The summed E-state index contributed by atoms with van der Waals surface area (Å²) in [6.45, 7) is 1.73. The first-order valence-corrected chi connectivity index (χ1v) is 3.60. The smallest absolute Gasteiger partial charge is 0.312 e. The average Bonchev–Trinajstić information content (AvgIpc) is 2.29. The first-order valence-electron chi connectivity index (χ1n) is 3.22. The molecule has 0 unspecified atom stereocenters. The van der Waals surface area contributed by atoms with Crippen molar-refractivity contribution in [3.05, 3.63) is 17.1 Å². The number of H-pyrrole nitrogens is 1. The van der Waals surface area contributed by atoms with Crippen molar-refractivity contribution in [1.29, 1.82) is 0 Å². The van der Waals surface area contributed by atoms with Crippen LogP contribution in [0.4, 0.5) is 4.39 Å². The van der Waals surface area contributed by atoms with Gasteiger partial charge in [-0.1, -0.05) is 11.6 Å². The predicted molar refractivity (Wildman–Crippen MR) is 41.4 cm³/mol.